The van der Waals surface area contributed by atoms with Gasteiger partial charge in [-0.1, -0.05) is 29.3 Å². The van der Waals surface area contributed by atoms with Crippen molar-refractivity contribution in [2.24, 2.45) is 0 Å². The summed E-state index contributed by atoms with van der Waals surface area (Å²) < 4.78 is 0. The van der Waals surface area contributed by atoms with Gasteiger partial charge in [0.2, 0.25) is 0 Å². The Morgan fingerprint density at radius 3 is 2.61 bits per heavy atom. The van der Waals surface area contributed by atoms with E-state index < -0.39 is 0 Å². The van der Waals surface area contributed by atoms with Crippen LogP contribution in [0.2, 0.25) is 10.0 Å². The van der Waals surface area contributed by atoms with E-state index in [1.54, 1.807) is 31.2 Å². The van der Waals surface area contributed by atoms with Gasteiger partial charge in [-0.05, 0) is 42.5 Å². The van der Waals surface area contributed by atoms with Crippen molar-refractivity contribution < 1.29 is 9.59 Å². The number of halogens is 2. The summed E-state index contributed by atoms with van der Waals surface area (Å²) in [7, 11) is 0. The molecule has 94 valence electrons. The van der Waals surface area contributed by atoms with E-state index in [9.17, 15) is 9.59 Å². The van der Waals surface area contributed by atoms with E-state index in [0.29, 0.717) is 27.1 Å². The van der Waals surface area contributed by atoms with Gasteiger partial charge >= 0.3 is 0 Å². The number of carbonyl (C=O) groups is 2. The second-order valence-electron chi connectivity index (χ2n) is 3.59. The third-order valence-electron chi connectivity index (χ3n) is 2.44. The minimum absolute atomic E-state index is 0.251. The molecule has 1 aliphatic rings. The topological polar surface area (TPSA) is 37.4 Å². The van der Waals surface area contributed by atoms with E-state index in [0.717, 1.165) is 11.8 Å². The Hall–Kier alpha value is -0.970. The summed E-state index contributed by atoms with van der Waals surface area (Å²) >= 11 is 12.7. The zero-order valence-corrected chi connectivity index (χ0v) is 11.8. The van der Waals surface area contributed by atoms with Crippen LogP contribution in [0.5, 0.6) is 0 Å². The van der Waals surface area contributed by atoms with Gasteiger partial charge in [-0.2, -0.15) is 0 Å². The summed E-state index contributed by atoms with van der Waals surface area (Å²) in [5, 5.41) is 0.725. The first-order valence-corrected chi connectivity index (χ1v) is 6.80. The van der Waals surface area contributed by atoms with Gasteiger partial charge in [-0.15, -0.1) is 0 Å². The highest BCUT2D eigenvalue weighted by Crippen LogP contribution is 2.33. The number of carbonyl (C=O) groups excluding carboxylic acids is 2. The van der Waals surface area contributed by atoms with Gasteiger partial charge in [-0.25, -0.2) is 0 Å². The molecule has 18 heavy (non-hydrogen) atoms. The molecule has 0 N–H and O–H groups in total. The Morgan fingerprint density at radius 1 is 1.33 bits per heavy atom. The molecule has 0 atom stereocenters. The van der Waals surface area contributed by atoms with Crippen molar-refractivity contribution in [2.75, 3.05) is 6.54 Å². The number of rotatable bonds is 2. The van der Waals surface area contributed by atoms with Crippen LogP contribution >= 0.6 is 35.0 Å². The third-order valence-corrected chi connectivity index (χ3v) is 3.91. The van der Waals surface area contributed by atoms with Crippen molar-refractivity contribution in [3.05, 3.63) is 38.7 Å². The Bertz CT molecular complexity index is 557. The molecule has 1 heterocycles. The molecular weight excluding hydrogens is 293 g/mol. The Balaban J connectivity index is 2.35. The van der Waals surface area contributed by atoms with Crippen molar-refractivity contribution in [3.63, 3.8) is 0 Å². The fraction of sp³-hybridized carbons (Fsp3) is 0.167. The largest absolute Gasteiger partial charge is 0.293 e. The van der Waals surface area contributed by atoms with Crippen LogP contribution < -0.4 is 0 Å². The quantitative estimate of drug-likeness (QED) is 0.773. The number of thioether (sulfide) groups is 1. The van der Waals surface area contributed by atoms with E-state index in [1.165, 1.54) is 4.90 Å². The summed E-state index contributed by atoms with van der Waals surface area (Å²) in [6.45, 7) is 2.13. The van der Waals surface area contributed by atoms with E-state index in [4.69, 9.17) is 23.2 Å². The first-order valence-electron chi connectivity index (χ1n) is 5.23. The summed E-state index contributed by atoms with van der Waals surface area (Å²) in [5.41, 5.74) is 0.669. The van der Waals surface area contributed by atoms with Gasteiger partial charge in [0.1, 0.15) is 0 Å². The Labute approximate surface area is 119 Å². The molecule has 2 amide bonds. The highest BCUT2D eigenvalue weighted by Gasteiger charge is 2.33. The highest BCUT2D eigenvalue weighted by molar-refractivity contribution is 8.18. The van der Waals surface area contributed by atoms with E-state index >= 15 is 0 Å². The number of imide groups is 1. The molecule has 1 aromatic rings. The van der Waals surface area contributed by atoms with E-state index in [1.807, 2.05) is 0 Å². The van der Waals surface area contributed by atoms with Crippen LogP contribution in [0.1, 0.15) is 12.5 Å². The van der Waals surface area contributed by atoms with Crippen molar-refractivity contribution in [1.82, 2.24) is 4.90 Å². The monoisotopic (exact) mass is 301 g/mol. The maximum absolute atomic E-state index is 11.9. The van der Waals surface area contributed by atoms with Crippen LogP contribution in [0.15, 0.2) is 23.1 Å². The lowest BCUT2D eigenvalue weighted by molar-refractivity contribution is -0.122. The van der Waals surface area contributed by atoms with Crippen LogP contribution in [0.4, 0.5) is 4.79 Å². The maximum Gasteiger partial charge on any atom is 0.293 e. The molecule has 0 radical (unpaired) electrons. The van der Waals surface area contributed by atoms with Crippen LogP contribution in [0.3, 0.4) is 0 Å². The molecule has 1 aliphatic heterocycles. The minimum atomic E-state index is -0.279. The van der Waals surface area contributed by atoms with Crippen LogP contribution in [0, 0.1) is 0 Å². The van der Waals surface area contributed by atoms with Gasteiger partial charge in [-0.3, -0.25) is 14.5 Å². The summed E-state index contributed by atoms with van der Waals surface area (Å²) in [5.74, 6) is -0.279. The van der Waals surface area contributed by atoms with Gasteiger partial charge < -0.3 is 0 Å². The summed E-state index contributed by atoms with van der Waals surface area (Å²) in [4.78, 5) is 25.0. The lowest BCUT2D eigenvalue weighted by Gasteiger charge is -2.07. The smallest absolute Gasteiger partial charge is 0.269 e. The first-order chi connectivity index (χ1) is 8.52. The average molecular weight is 302 g/mol. The molecule has 0 bridgehead atoms. The van der Waals surface area contributed by atoms with Crippen molar-refractivity contribution in [2.45, 2.75) is 6.92 Å². The molecule has 3 nitrogen and oxygen atoms in total. The number of likely N-dealkylation sites (N-methyl/N-ethyl adjacent to an activating group) is 1. The van der Waals surface area contributed by atoms with Crippen molar-refractivity contribution >= 4 is 52.2 Å². The SMILES string of the molecule is CCN1C(=O)S/C(=C/c2ccc(Cl)cc2Cl)C1=O. The van der Waals surface area contributed by atoms with Crippen molar-refractivity contribution in [3.8, 4) is 0 Å². The van der Waals surface area contributed by atoms with Gasteiger partial charge in [0.05, 0.1) is 4.91 Å². The van der Waals surface area contributed by atoms with Crippen LogP contribution in [-0.2, 0) is 4.79 Å². The predicted octanol–water partition coefficient (Wildman–Crippen LogP) is 4.05. The number of nitrogens with zero attached hydrogens (tertiary/aromatic N) is 1. The molecule has 1 fully saturated rings. The number of hydrogen-bond donors (Lipinski definition) is 0. The average Bonchev–Trinajstić information content (AvgIpc) is 2.58. The fourth-order valence-corrected chi connectivity index (χ4v) is 2.89. The number of hydrogen-bond acceptors (Lipinski definition) is 3. The summed E-state index contributed by atoms with van der Waals surface area (Å²) in [6, 6.07) is 4.99. The van der Waals surface area contributed by atoms with Gasteiger partial charge in [0.25, 0.3) is 11.1 Å². The van der Waals surface area contributed by atoms with Gasteiger partial charge in [0.15, 0.2) is 0 Å². The molecule has 0 unspecified atom stereocenters. The maximum atomic E-state index is 11.9. The molecule has 1 aromatic carbocycles. The minimum Gasteiger partial charge on any atom is -0.269 e. The van der Waals surface area contributed by atoms with E-state index in [-0.39, 0.29) is 11.1 Å². The lowest BCUT2D eigenvalue weighted by atomic mass is 10.2. The summed E-state index contributed by atoms with van der Waals surface area (Å²) in [6.07, 6.45) is 1.61. The Kier molecular flexibility index (Phi) is 4.00. The number of benzene rings is 1. The van der Waals surface area contributed by atoms with E-state index in [2.05, 4.69) is 0 Å². The first kappa shape index (κ1) is 13.5. The van der Waals surface area contributed by atoms with Gasteiger partial charge in [0, 0.05) is 16.6 Å². The Morgan fingerprint density at radius 2 is 2.06 bits per heavy atom. The second-order valence-corrected chi connectivity index (χ2v) is 5.43. The molecule has 6 heteroatoms. The molecular formula is C12H9Cl2NO2S. The normalized spacial score (nSPS) is 17.9. The third kappa shape index (κ3) is 2.55. The molecule has 0 saturated carbocycles. The lowest BCUT2D eigenvalue weighted by Crippen LogP contribution is -2.27. The molecule has 0 aromatic heterocycles. The highest BCUT2D eigenvalue weighted by atomic mass is 35.5. The second kappa shape index (κ2) is 5.34. The molecule has 0 spiro atoms. The van der Waals surface area contributed by atoms with Crippen LogP contribution in [-0.4, -0.2) is 22.6 Å². The number of amides is 2. The predicted molar refractivity (Wildman–Crippen MR) is 74.8 cm³/mol. The zero-order valence-electron chi connectivity index (χ0n) is 9.44. The zero-order chi connectivity index (χ0) is 13.3. The molecule has 1 saturated heterocycles. The molecule has 2 rings (SSSR count). The fourth-order valence-electron chi connectivity index (χ4n) is 1.53. The van der Waals surface area contributed by atoms with Crippen LogP contribution in [0.25, 0.3) is 6.08 Å². The standard InChI is InChI=1S/C12H9Cl2NO2S/c1-2-15-11(16)10(18-12(15)17)5-7-3-4-8(13)6-9(7)14/h3-6H,2H2,1H3/b10-5+. The molecule has 0 aliphatic carbocycles. The van der Waals surface area contributed by atoms with Crippen molar-refractivity contribution in [1.29, 1.82) is 0 Å².